The first-order chi connectivity index (χ1) is 15.3. The van der Waals surface area contributed by atoms with Crippen LogP contribution in [-0.2, 0) is 15.1 Å². The van der Waals surface area contributed by atoms with Crippen molar-refractivity contribution in [2.24, 2.45) is 0 Å². The van der Waals surface area contributed by atoms with E-state index in [1.807, 2.05) is 30.3 Å². The third-order valence-electron chi connectivity index (χ3n) is 5.78. The Morgan fingerprint density at radius 2 is 1.94 bits per heavy atom. The van der Waals surface area contributed by atoms with Crippen LogP contribution in [0.25, 0.3) is 11.0 Å². The quantitative estimate of drug-likeness (QED) is 0.597. The van der Waals surface area contributed by atoms with Gasteiger partial charge in [0.15, 0.2) is 11.5 Å². The third-order valence-corrected chi connectivity index (χ3v) is 5.78. The minimum absolute atomic E-state index is 0.103. The lowest BCUT2D eigenvalue weighted by atomic mass is 9.91. The van der Waals surface area contributed by atoms with Crippen LogP contribution in [0.4, 0.5) is 4.79 Å². The number of fused-ring (bicyclic) bond motifs is 2. The highest BCUT2D eigenvalue weighted by Gasteiger charge is 2.50. The molecule has 0 saturated carbocycles. The summed E-state index contributed by atoms with van der Waals surface area (Å²) in [5.74, 6) is 0.665. The summed E-state index contributed by atoms with van der Waals surface area (Å²) in [5.41, 5.74) is -0.0567. The monoisotopic (exact) mass is 435 g/mol. The number of benzene rings is 2. The zero-order valence-corrected chi connectivity index (χ0v) is 17.5. The number of para-hydroxylation sites is 1. The molecule has 0 radical (unpaired) electrons. The molecule has 4 amide bonds. The van der Waals surface area contributed by atoms with Gasteiger partial charge in [0.2, 0.25) is 12.7 Å². The Morgan fingerprint density at radius 1 is 1.16 bits per heavy atom. The fourth-order valence-electron chi connectivity index (χ4n) is 3.96. The lowest BCUT2D eigenvalue weighted by molar-refractivity contribution is -0.135. The van der Waals surface area contributed by atoms with E-state index in [-0.39, 0.29) is 6.79 Å². The van der Waals surface area contributed by atoms with Gasteiger partial charge >= 0.3 is 6.03 Å². The smallest absolute Gasteiger partial charge is 0.325 e. The van der Waals surface area contributed by atoms with Crippen LogP contribution in [0.2, 0.25) is 0 Å². The summed E-state index contributed by atoms with van der Waals surface area (Å²) in [6.07, 6.45) is 0. The Labute approximate surface area is 183 Å². The molecule has 1 aromatic heterocycles. The predicted octanol–water partition coefficient (Wildman–Crippen LogP) is 2.81. The first-order valence-corrected chi connectivity index (χ1v) is 10.2. The number of carbonyl (C=O) groups is 3. The fourth-order valence-corrected chi connectivity index (χ4v) is 3.96. The van der Waals surface area contributed by atoms with Gasteiger partial charge in [-0.3, -0.25) is 14.5 Å². The van der Waals surface area contributed by atoms with Gasteiger partial charge in [0.1, 0.15) is 23.4 Å². The molecule has 0 aliphatic carbocycles. The van der Waals surface area contributed by atoms with Crippen LogP contribution in [-0.4, -0.2) is 36.1 Å². The van der Waals surface area contributed by atoms with E-state index in [2.05, 4.69) is 10.6 Å². The van der Waals surface area contributed by atoms with Crippen LogP contribution in [0.3, 0.4) is 0 Å². The summed E-state index contributed by atoms with van der Waals surface area (Å²) in [6.45, 7) is 3.07. The van der Waals surface area contributed by atoms with E-state index in [9.17, 15) is 14.4 Å². The molecule has 2 aromatic carbocycles. The highest BCUT2D eigenvalue weighted by molar-refractivity contribution is 6.09. The SMILES string of the molecule is C[C@@H](NC(=O)CN1C(=O)N[C@@](C)(c2ccc3c(c2)OCO3)C1=O)c1cc2ccccc2o1. The number of furan rings is 1. The third kappa shape index (κ3) is 3.22. The zero-order chi connectivity index (χ0) is 22.5. The Hall–Kier alpha value is -4.01. The molecule has 5 rings (SSSR count). The molecular formula is C23H21N3O6. The number of nitrogens with zero attached hydrogens (tertiary/aromatic N) is 1. The number of imide groups is 1. The molecule has 1 fully saturated rings. The fraction of sp³-hybridized carbons (Fsp3) is 0.261. The minimum Gasteiger partial charge on any atom is -0.459 e. The summed E-state index contributed by atoms with van der Waals surface area (Å²) in [4.78, 5) is 39.2. The topological polar surface area (TPSA) is 110 Å². The van der Waals surface area contributed by atoms with E-state index in [1.165, 1.54) is 0 Å². The van der Waals surface area contributed by atoms with Gasteiger partial charge in [0, 0.05) is 5.39 Å². The van der Waals surface area contributed by atoms with Gasteiger partial charge in [-0.25, -0.2) is 4.79 Å². The van der Waals surface area contributed by atoms with Crippen molar-refractivity contribution in [1.29, 1.82) is 0 Å². The Bertz CT molecular complexity index is 1220. The van der Waals surface area contributed by atoms with E-state index < -0.39 is 36.0 Å². The number of hydrogen-bond donors (Lipinski definition) is 2. The lowest BCUT2D eigenvalue weighted by Gasteiger charge is -2.22. The van der Waals surface area contributed by atoms with Gasteiger partial charge in [0.05, 0.1) is 6.04 Å². The number of ether oxygens (including phenoxy) is 2. The average molecular weight is 435 g/mol. The molecule has 9 heteroatoms. The molecule has 2 aliphatic heterocycles. The van der Waals surface area contributed by atoms with Gasteiger partial charge in [-0.15, -0.1) is 0 Å². The molecule has 2 aliphatic rings. The molecule has 32 heavy (non-hydrogen) atoms. The second kappa shape index (κ2) is 7.30. The van der Waals surface area contributed by atoms with Crippen LogP contribution < -0.4 is 20.1 Å². The van der Waals surface area contributed by atoms with Gasteiger partial charge in [-0.1, -0.05) is 24.3 Å². The van der Waals surface area contributed by atoms with E-state index in [4.69, 9.17) is 13.9 Å². The number of carbonyl (C=O) groups excluding carboxylic acids is 3. The van der Waals surface area contributed by atoms with Crippen molar-refractivity contribution in [1.82, 2.24) is 15.5 Å². The molecular weight excluding hydrogens is 414 g/mol. The number of urea groups is 1. The lowest BCUT2D eigenvalue weighted by Crippen LogP contribution is -2.43. The van der Waals surface area contributed by atoms with E-state index in [0.29, 0.717) is 22.8 Å². The van der Waals surface area contributed by atoms with Crippen LogP contribution in [0.15, 0.2) is 52.9 Å². The summed E-state index contributed by atoms with van der Waals surface area (Å²) in [7, 11) is 0. The summed E-state index contributed by atoms with van der Waals surface area (Å²) in [6, 6.07) is 13.4. The number of amides is 4. The molecule has 2 atom stereocenters. The maximum atomic E-state index is 13.1. The summed E-state index contributed by atoms with van der Waals surface area (Å²) < 4.78 is 16.4. The highest BCUT2D eigenvalue weighted by Crippen LogP contribution is 2.37. The molecule has 2 N–H and O–H groups in total. The van der Waals surface area contributed by atoms with Crippen molar-refractivity contribution in [3.63, 3.8) is 0 Å². The molecule has 3 aromatic rings. The van der Waals surface area contributed by atoms with E-state index >= 15 is 0 Å². The molecule has 9 nitrogen and oxygen atoms in total. The van der Waals surface area contributed by atoms with Gasteiger partial charge < -0.3 is 24.5 Å². The average Bonchev–Trinajstić information content (AvgIpc) is 3.47. The predicted molar refractivity (Wildman–Crippen MR) is 113 cm³/mol. The number of rotatable bonds is 5. The number of nitrogens with one attached hydrogen (secondary N) is 2. The van der Waals surface area contributed by atoms with E-state index in [0.717, 1.165) is 15.9 Å². The van der Waals surface area contributed by atoms with Gasteiger partial charge in [-0.05, 0) is 43.7 Å². The molecule has 0 bridgehead atoms. The van der Waals surface area contributed by atoms with Gasteiger partial charge in [0.25, 0.3) is 5.91 Å². The Kier molecular flexibility index (Phi) is 4.54. The molecule has 3 heterocycles. The second-order valence-electron chi connectivity index (χ2n) is 7.99. The molecule has 0 unspecified atom stereocenters. The zero-order valence-electron chi connectivity index (χ0n) is 17.5. The van der Waals surface area contributed by atoms with Crippen LogP contribution in [0, 0.1) is 0 Å². The first kappa shape index (κ1) is 19.9. The number of hydrogen-bond acceptors (Lipinski definition) is 6. The Balaban J connectivity index is 1.29. The van der Waals surface area contributed by atoms with Crippen molar-refractivity contribution in [3.05, 3.63) is 59.9 Å². The van der Waals surface area contributed by atoms with Crippen molar-refractivity contribution >= 4 is 28.8 Å². The minimum atomic E-state index is -1.32. The van der Waals surface area contributed by atoms with Crippen LogP contribution in [0.1, 0.15) is 31.2 Å². The molecule has 1 saturated heterocycles. The molecule has 0 spiro atoms. The van der Waals surface area contributed by atoms with Crippen molar-refractivity contribution in [2.45, 2.75) is 25.4 Å². The molecule has 164 valence electrons. The first-order valence-electron chi connectivity index (χ1n) is 10.2. The maximum Gasteiger partial charge on any atom is 0.325 e. The highest BCUT2D eigenvalue weighted by atomic mass is 16.7. The van der Waals surface area contributed by atoms with Gasteiger partial charge in [-0.2, -0.15) is 0 Å². The van der Waals surface area contributed by atoms with Crippen molar-refractivity contribution < 1.29 is 28.3 Å². The largest absolute Gasteiger partial charge is 0.459 e. The maximum absolute atomic E-state index is 13.1. The van der Waals surface area contributed by atoms with Crippen molar-refractivity contribution in [3.8, 4) is 11.5 Å². The van der Waals surface area contributed by atoms with E-state index in [1.54, 1.807) is 32.0 Å². The second-order valence-corrected chi connectivity index (χ2v) is 7.99. The summed E-state index contributed by atoms with van der Waals surface area (Å²) >= 11 is 0. The van der Waals surface area contributed by atoms with Crippen LogP contribution in [0.5, 0.6) is 11.5 Å². The van der Waals surface area contributed by atoms with Crippen molar-refractivity contribution in [2.75, 3.05) is 13.3 Å². The standard InChI is InChI=1S/C23H21N3O6/c1-13(18-9-14-5-3-4-6-16(14)32-18)24-20(27)11-26-21(28)23(2,25-22(26)29)15-7-8-17-19(10-15)31-12-30-17/h3-10,13H,11-12H2,1-2H3,(H,24,27)(H,25,29)/t13-,23+/m1/s1. The Morgan fingerprint density at radius 3 is 2.75 bits per heavy atom. The van der Waals surface area contributed by atoms with Crippen LogP contribution >= 0.6 is 0 Å². The normalized spacial score (nSPS) is 20.5. The summed E-state index contributed by atoms with van der Waals surface area (Å²) in [5, 5.41) is 6.40.